The monoisotopic (exact) mass is 427 g/mol. The Morgan fingerprint density at radius 1 is 1.17 bits per heavy atom. The summed E-state index contributed by atoms with van der Waals surface area (Å²) >= 11 is 1.47. The zero-order valence-electron chi connectivity index (χ0n) is 17.6. The number of carbonyl (C=O) groups is 2. The van der Waals surface area contributed by atoms with Crippen LogP contribution in [0.5, 0.6) is 5.75 Å². The third-order valence-corrected chi connectivity index (χ3v) is 6.88. The first-order valence-electron chi connectivity index (χ1n) is 10.6. The van der Waals surface area contributed by atoms with E-state index in [1.807, 2.05) is 52.6 Å². The number of thiophene rings is 1. The van der Waals surface area contributed by atoms with Gasteiger partial charge in [0.25, 0.3) is 5.91 Å². The van der Waals surface area contributed by atoms with Crippen LogP contribution in [0.4, 0.5) is 5.69 Å². The van der Waals surface area contributed by atoms with Gasteiger partial charge in [-0.3, -0.25) is 9.59 Å². The minimum absolute atomic E-state index is 0.0273. The largest absolute Gasteiger partial charge is 0.485 e. The Labute approximate surface area is 182 Å². The van der Waals surface area contributed by atoms with Crippen molar-refractivity contribution in [1.82, 2.24) is 9.80 Å². The number of para-hydroxylation sites is 2. The fourth-order valence-corrected chi connectivity index (χ4v) is 5.06. The van der Waals surface area contributed by atoms with Crippen molar-refractivity contribution in [3.8, 4) is 5.75 Å². The second kappa shape index (κ2) is 9.08. The number of likely N-dealkylation sites (tertiary alicyclic amines) is 1. The molecular formula is C23H29N3O3S. The molecule has 6 nitrogen and oxygen atoms in total. The summed E-state index contributed by atoms with van der Waals surface area (Å²) in [7, 11) is 1.87. The highest BCUT2D eigenvalue weighted by atomic mass is 32.1. The molecule has 0 radical (unpaired) electrons. The molecule has 1 saturated heterocycles. The van der Waals surface area contributed by atoms with E-state index >= 15 is 0 Å². The van der Waals surface area contributed by atoms with Crippen molar-refractivity contribution < 1.29 is 14.3 Å². The molecule has 1 aromatic carbocycles. The van der Waals surface area contributed by atoms with Crippen molar-refractivity contribution in [2.45, 2.75) is 25.9 Å². The second-order valence-electron chi connectivity index (χ2n) is 8.01. The van der Waals surface area contributed by atoms with Gasteiger partial charge in [-0.2, -0.15) is 0 Å². The Bertz CT molecular complexity index is 878. The third kappa shape index (κ3) is 4.31. The number of hydrogen-bond acceptors (Lipinski definition) is 5. The molecule has 0 spiro atoms. The molecule has 0 bridgehead atoms. The summed E-state index contributed by atoms with van der Waals surface area (Å²) in [5.74, 6) is 1.10. The van der Waals surface area contributed by atoms with Crippen molar-refractivity contribution in [3.05, 3.63) is 46.7 Å². The van der Waals surface area contributed by atoms with Crippen LogP contribution in [0.1, 0.15) is 29.4 Å². The summed E-state index contributed by atoms with van der Waals surface area (Å²) in [4.78, 5) is 32.3. The molecule has 0 saturated carbocycles. The lowest BCUT2D eigenvalue weighted by Crippen LogP contribution is -2.49. The SMILES string of the molecule is CCN1C[C@@H](CN(C)C(=O)C2CCN(C(=O)c3cccs3)CC2)Oc2ccccc21. The number of carbonyl (C=O) groups excluding carboxylic acids is 2. The van der Waals surface area contributed by atoms with Gasteiger partial charge in [-0.25, -0.2) is 0 Å². The van der Waals surface area contributed by atoms with Crippen LogP contribution in [0.15, 0.2) is 41.8 Å². The van der Waals surface area contributed by atoms with Crippen LogP contribution in [0.25, 0.3) is 0 Å². The summed E-state index contributed by atoms with van der Waals surface area (Å²) in [6, 6.07) is 11.8. The fraction of sp³-hybridized carbons (Fsp3) is 0.478. The van der Waals surface area contributed by atoms with E-state index in [9.17, 15) is 9.59 Å². The number of piperidine rings is 1. The number of anilines is 1. The number of likely N-dealkylation sites (N-methyl/N-ethyl adjacent to an activating group) is 2. The molecule has 0 aliphatic carbocycles. The van der Waals surface area contributed by atoms with Crippen LogP contribution in [0.3, 0.4) is 0 Å². The molecule has 2 aliphatic rings. The van der Waals surface area contributed by atoms with Crippen LogP contribution < -0.4 is 9.64 Å². The first-order chi connectivity index (χ1) is 14.6. The van der Waals surface area contributed by atoms with E-state index in [1.165, 1.54) is 11.3 Å². The number of amides is 2. The molecule has 4 rings (SSSR count). The van der Waals surface area contributed by atoms with Crippen molar-refractivity contribution in [2.24, 2.45) is 5.92 Å². The van der Waals surface area contributed by atoms with Gasteiger partial charge in [0.05, 0.1) is 23.7 Å². The van der Waals surface area contributed by atoms with Gasteiger partial charge in [0, 0.05) is 32.6 Å². The van der Waals surface area contributed by atoms with Crippen LogP contribution in [0, 0.1) is 5.92 Å². The average molecular weight is 428 g/mol. The summed E-state index contributed by atoms with van der Waals surface area (Å²) in [5, 5.41) is 1.92. The first kappa shape index (κ1) is 20.7. The highest BCUT2D eigenvalue weighted by Crippen LogP contribution is 2.33. The quantitative estimate of drug-likeness (QED) is 0.734. The Hall–Kier alpha value is -2.54. The molecule has 7 heteroatoms. The van der Waals surface area contributed by atoms with E-state index in [0.717, 1.165) is 42.2 Å². The fourth-order valence-electron chi connectivity index (χ4n) is 4.37. The highest BCUT2D eigenvalue weighted by molar-refractivity contribution is 7.12. The predicted molar refractivity (Wildman–Crippen MR) is 119 cm³/mol. The maximum Gasteiger partial charge on any atom is 0.263 e. The molecular weight excluding hydrogens is 398 g/mol. The molecule has 1 atom stereocenters. The van der Waals surface area contributed by atoms with Gasteiger partial charge < -0.3 is 19.4 Å². The summed E-state index contributed by atoms with van der Waals surface area (Å²) in [6.45, 7) is 5.66. The van der Waals surface area contributed by atoms with E-state index in [0.29, 0.717) is 19.6 Å². The van der Waals surface area contributed by atoms with E-state index in [4.69, 9.17) is 4.74 Å². The number of fused-ring (bicyclic) bond motifs is 1. The number of ether oxygens (including phenoxy) is 1. The van der Waals surface area contributed by atoms with E-state index < -0.39 is 0 Å². The summed E-state index contributed by atoms with van der Waals surface area (Å²) in [5.41, 5.74) is 1.12. The van der Waals surface area contributed by atoms with Crippen LogP contribution in [0.2, 0.25) is 0 Å². The molecule has 1 aromatic heterocycles. The van der Waals surface area contributed by atoms with Gasteiger partial charge in [0.15, 0.2) is 0 Å². The van der Waals surface area contributed by atoms with Crippen LogP contribution in [-0.2, 0) is 4.79 Å². The molecule has 2 aromatic rings. The zero-order chi connectivity index (χ0) is 21.1. The van der Waals surface area contributed by atoms with Crippen LogP contribution >= 0.6 is 11.3 Å². The standard InChI is InChI=1S/C23H29N3O3S/c1-3-25-16-18(29-20-8-5-4-7-19(20)25)15-24(2)22(27)17-10-12-26(13-11-17)23(28)21-9-6-14-30-21/h4-9,14,17-18H,3,10-13,15-16H2,1-2H3/t18-/m1/s1. The lowest BCUT2D eigenvalue weighted by Gasteiger charge is -2.38. The highest BCUT2D eigenvalue weighted by Gasteiger charge is 2.32. The van der Waals surface area contributed by atoms with Gasteiger partial charge in [-0.1, -0.05) is 18.2 Å². The molecule has 0 N–H and O–H groups in total. The summed E-state index contributed by atoms with van der Waals surface area (Å²) in [6.07, 6.45) is 1.39. The number of hydrogen-bond donors (Lipinski definition) is 0. The molecule has 0 unspecified atom stereocenters. The topological polar surface area (TPSA) is 53.1 Å². The maximum absolute atomic E-state index is 13.0. The normalized spacial score (nSPS) is 19.2. The summed E-state index contributed by atoms with van der Waals surface area (Å²) < 4.78 is 6.17. The smallest absolute Gasteiger partial charge is 0.263 e. The minimum atomic E-state index is -0.0469. The molecule has 2 amide bonds. The van der Waals surface area contributed by atoms with Gasteiger partial charge in [-0.15, -0.1) is 11.3 Å². The van der Waals surface area contributed by atoms with Gasteiger partial charge in [-0.05, 0) is 43.3 Å². The second-order valence-corrected chi connectivity index (χ2v) is 8.96. The zero-order valence-corrected chi connectivity index (χ0v) is 18.4. The lowest BCUT2D eigenvalue weighted by atomic mass is 9.95. The van der Waals surface area contributed by atoms with E-state index in [1.54, 1.807) is 0 Å². The Balaban J connectivity index is 1.31. The van der Waals surface area contributed by atoms with Gasteiger partial charge in [0.2, 0.25) is 5.91 Å². The van der Waals surface area contributed by atoms with E-state index in [2.05, 4.69) is 17.9 Å². The Morgan fingerprint density at radius 3 is 2.63 bits per heavy atom. The minimum Gasteiger partial charge on any atom is -0.485 e. The molecule has 3 heterocycles. The van der Waals surface area contributed by atoms with Crippen molar-refractivity contribution in [3.63, 3.8) is 0 Å². The number of rotatable bonds is 5. The van der Waals surface area contributed by atoms with Crippen molar-refractivity contribution in [2.75, 3.05) is 44.7 Å². The lowest BCUT2D eigenvalue weighted by molar-refractivity contribution is -0.136. The Kier molecular flexibility index (Phi) is 6.27. The van der Waals surface area contributed by atoms with Gasteiger partial charge >= 0.3 is 0 Å². The van der Waals surface area contributed by atoms with Crippen LogP contribution in [-0.4, -0.2) is 67.5 Å². The Morgan fingerprint density at radius 2 is 1.93 bits per heavy atom. The number of benzene rings is 1. The van der Waals surface area contributed by atoms with Crippen molar-refractivity contribution >= 4 is 28.8 Å². The predicted octanol–water partition coefficient (Wildman–Crippen LogP) is 3.35. The molecule has 30 heavy (non-hydrogen) atoms. The maximum atomic E-state index is 13.0. The van der Waals surface area contributed by atoms with Gasteiger partial charge in [0.1, 0.15) is 11.9 Å². The van der Waals surface area contributed by atoms with Crippen molar-refractivity contribution in [1.29, 1.82) is 0 Å². The molecule has 1 fully saturated rings. The third-order valence-electron chi connectivity index (χ3n) is 6.02. The number of nitrogens with zero attached hydrogens (tertiary/aromatic N) is 3. The van der Waals surface area contributed by atoms with E-state index in [-0.39, 0.29) is 23.8 Å². The molecule has 2 aliphatic heterocycles. The molecule has 160 valence electrons. The first-order valence-corrected chi connectivity index (χ1v) is 11.5. The average Bonchev–Trinajstić information content (AvgIpc) is 3.32.